The van der Waals surface area contributed by atoms with E-state index in [4.69, 9.17) is 0 Å². The van der Waals surface area contributed by atoms with E-state index in [1.807, 2.05) is 0 Å². The van der Waals surface area contributed by atoms with Crippen molar-refractivity contribution in [3.05, 3.63) is 65.5 Å². The predicted molar refractivity (Wildman–Crippen MR) is 122 cm³/mol. The number of benzene rings is 2. The molecular weight excluding hydrogens is 477 g/mol. The van der Waals surface area contributed by atoms with Gasteiger partial charge in [0.1, 0.15) is 5.82 Å². The SMILES string of the molecule is COC(=O)Cc1cccc(NC(=O)NCC(=O)N2CC(C(=O)O)CC2(C(=O)O)c2ccccc2F)c1. The monoisotopic (exact) mass is 501 g/mol. The number of rotatable bonds is 8. The number of hydrogen-bond acceptors (Lipinski definition) is 6. The Morgan fingerprint density at radius 2 is 1.83 bits per heavy atom. The second-order valence-corrected chi connectivity index (χ2v) is 8.15. The number of methoxy groups -OCH3 is 1. The van der Waals surface area contributed by atoms with Gasteiger partial charge in [-0.2, -0.15) is 0 Å². The Kier molecular flexibility index (Phi) is 7.87. The highest BCUT2D eigenvalue weighted by Gasteiger charge is 2.57. The molecule has 1 aliphatic rings. The van der Waals surface area contributed by atoms with Crippen molar-refractivity contribution < 1.29 is 43.3 Å². The molecule has 190 valence electrons. The summed E-state index contributed by atoms with van der Waals surface area (Å²) in [5, 5.41) is 24.3. The zero-order valence-corrected chi connectivity index (χ0v) is 19.2. The van der Waals surface area contributed by atoms with Crippen molar-refractivity contribution in [3.63, 3.8) is 0 Å². The van der Waals surface area contributed by atoms with Gasteiger partial charge in [-0.3, -0.25) is 14.4 Å². The first-order valence-corrected chi connectivity index (χ1v) is 10.8. The van der Waals surface area contributed by atoms with E-state index in [1.54, 1.807) is 18.2 Å². The van der Waals surface area contributed by atoms with Gasteiger partial charge in [-0.05, 0) is 23.8 Å². The first-order valence-electron chi connectivity index (χ1n) is 10.8. The van der Waals surface area contributed by atoms with Crippen LogP contribution in [0.1, 0.15) is 17.5 Å². The van der Waals surface area contributed by atoms with Gasteiger partial charge >= 0.3 is 23.9 Å². The number of amides is 3. The summed E-state index contributed by atoms with van der Waals surface area (Å²) < 4.78 is 19.2. The van der Waals surface area contributed by atoms with Crippen molar-refractivity contribution in [2.75, 3.05) is 25.5 Å². The highest BCUT2D eigenvalue weighted by Crippen LogP contribution is 2.43. The fourth-order valence-electron chi connectivity index (χ4n) is 4.18. The maximum absolute atomic E-state index is 14.6. The molecule has 0 radical (unpaired) electrons. The Hall–Kier alpha value is -4.48. The molecule has 3 amide bonds. The number of carboxylic acids is 2. The van der Waals surface area contributed by atoms with Gasteiger partial charge in [0.15, 0.2) is 5.54 Å². The Labute approximate surface area is 204 Å². The summed E-state index contributed by atoms with van der Waals surface area (Å²) in [7, 11) is 1.25. The molecule has 0 aliphatic carbocycles. The first-order chi connectivity index (χ1) is 17.1. The second kappa shape index (κ2) is 10.8. The molecule has 2 atom stereocenters. The molecular formula is C24H24FN3O8. The number of nitrogens with one attached hydrogen (secondary N) is 2. The Morgan fingerprint density at radius 1 is 1.11 bits per heavy atom. The van der Waals surface area contributed by atoms with Crippen molar-refractivity contribution in [1.82, 2.24) is 10.2 Å². The minimum atomic E-state index is -2.26. The lowest BCUT2D eigenvalue weighted by molar-refractivity contribution is -0.157. The molecule has 2 unspecified atom stereocenters. The summed E-state index contributed by atoms with van der Waals surface area (Å²) >= 11 is 0. The van der Waals surface area contributed by atoms with E-state index in [0.717, 1.165) is 11.0 Å². The van der Waals surface area contributed by atoms with E-state index >= 15 is 0 Å². The number of carbonyl (C=O) groups excluding carboxylic acids is 3. The fourth-order valence-corrected chi connectivity index (χ4v) is 4.18. The van der Waals surface area contributed by atoms with Crippen LogP contribution in [0.2, 0.25) is 0 Å². The zero-order valence-electron chi connectivity index (χ0n) is 19.2. The van der Waals surface area contributed by atoms with E-state index in [9.17, 15) is 38.6 Å². The molecule has 11 nitrogen and oxygen atoms in total. The Balaban J connectivity index is 1.76. The van der Waals surface area contributed by atoms with Gasteiger partial charge in [0.2, 0.25) is 5.91 Å². The van der Waals surface area contributed by atoms with E-state index in [0.29, 0.717) is 11.3 Å². The van der Waals surface area contributed by atoms with Crippen LogP contribution >= 0.6 is 0 Å². The molecule has 1 fully saturated rings. The second-order valence-electron chi connectivity index (χ2n) is 8.15. The van der Waals surface area contributed by atoms with Crippen LogP contribution in [0, 0.1) is 11.7 Å². The van der Waals surface area contributed by atoms with Gasteiger partial charge in [-0.25, -0.2) is 14.0 Å². The summed E-state index contributed by atoms with van der Waals surface area (Å²) in [6.07, 6.45) is -0.553. The molecule has 0 spiro atoms. The predicted octanol–water partition coefficient (Wildman–Crippen LogP) is 1.58. The van der Waals surface area contributed by atoms with Crippen molar-refractivity contribution in [3.8, 4) is 0 Å². The van der Waals surface area contributed by atoms with Gasteiger partial charge in [0.25, 0.3) is 0 Å². The molecule has 1 heterocycles. The molecule has 0 bridgehead atoms. The summed E-state index contributed by atoms with van der Waals surface area (Å²) in [6.45, 7) is -1.16. The number of ether oxygens (including phenoxy) is 1. The number of carboxylic acid groups (broad SMARTS) is 2. The van der Waals surface area contributed by atoms with E-state index < -0.39 is 66.6 Å². The first kappa shape index (κ1) is 26.1. The van der Waals surface area contributed by atoms with E-state index in [-0.39, 0.29) is 12.0 Å². The summed E-state index contributed by atoms with van der Waals surface area (Å²) in [6, 6.07) is 10.5. The number of aliphatic carboxylic acids is 2. The van der Waals surface area contributed by atoms with Gasteiger partial charge in [-0.15, -0.1) is 0 Å². The topological polar surface area (TPSA) is 162 Å². The largest absolute Gasteiger partial charge is 0.481 e. The molecule has 4 N–H and O–H groups in total. The van der Waals surface area contributed by atoms with E-state index in [2.05, 4.69) is 15.4 Å². The maximum atomic E-state index is 14.6. The summed E-state index contributed by atoms with van der Waals surface area (Å²) in [5.41, 5.74) is -1.71. The number of halogens is 1. The van der Waals surface area contributed by atoms with Crippen molar-refractivity contribution in [1.29, 1.82) is 0 Å². The highest BCUT2D eigenvalue weighted by molar-refractivity contribution is 5.95. The number of likely N-dealkylation sites (tertiary alicyclic amines) is 1. The third-order valence-corrected chi connectivity index (χ3v) is 5.89. The lowest BCUT2D eigenvalue weighted by Gasteiger charge is -2.35. The van der Waals surface area contributed by atoms with Gasteiger partial charge < -0.3 is 30.5 Å². The van der Waals surface area contributed by atoms with Gasteiger partial charge in [0.05, 0.1) is 26.0 Å². The van der Waals surface area contributed by atoms with Crippen LogP contribution in [-0.4, -0.2) is 65.2 Å². The molecule has 1 aliphatic heterocycles. The molecule has 0 saturated carbocycles. The number of urea groups is 1. The fraction of sp³-hybridized carbons (Fsp3) is 0.292. The third kappa shape index (κ3) is 5.43. The lowest BCUT2D eigenvalue weighted by Crippen LogP contribution is -2.53. The van der Waals surface area contributed by atoms with Crippen LogP contribution in [-0.2, 0) is 35.9 Å². The molecule has 12 heteroatoms. The normalized spacial score (nSPS) is 18.8. The highest BCUT2D eigenvalue weighted by atomic mass is 19.1. The minimum absolute atomic E-state index is 0.0147. The smallest absolute Gasteiger partial charge is 0.334 e. The number of carbonyl (C=O) groups is 5. The van der Waals surface area contributed by atoms with Crippen LogP contribution in [0.3, 0.4) is 0 Å². The van der Waals surface area contributed by atoms with Gasteiger partial charge in [-0.1, -0.05) is 30.3 Å². The van der Waals surface area contributed by atoms with Crippen LogP contribution in [0.5, 0.6) is 0 Å². The van der Waals surface area contributed by atoms with Crippen LogP contribution < -0.4 is 10.6 Å². The minimum Gasteiger partial charge on any atom is -0.481 e. The molecule has 0 aromatic heterocycles. The standard InChI is InChI=1S/C24H24FN3O8/c1-36-20(30)10-14-5-4-6-16(9-14)27-23(35)26-12-19(29)28-13-15(21(31)32)11-24(28,22(33)34)17-7-2-3-8-18(17)25/h2-9,15H,10-13H2,1H3,(H,31,32)(H,33,34)(H2,26,27,35). The molecule has 2 aromatic carbocycles. The molecule has 1 saturated heterocycles. The third-order valence-electron chi connectivity index (χ3n) is 5.89. The average Bonchev–Trinajstić information content (AvgIpc) is 3.25. The number of nitrogens with zero attached hydrogens (tertiary/aromatic N) is 1. The average molecular weight is 501 g/mol. The molecule has 36 heavy (non-hydrogen) atoms. The molecule has 2 aromatic rings. The van der Waals surface area contributed by atoms with Crippen LogP contribution in [0.15, 0.2) is 48.5 Å². The molecule has 3 rings (SSSR count). The summed E-state index contributed by atoms with van der Waals surface area (Å²) in [4.78, 5) is 61.6. The van der Waals surface area contributed by atoms with Crippen molar-refractivity contribution in [2.45, 2.75) is 18.4 Å². The van der Waals surface area contributed by atoms with Crippen molar-refractivity contribution in [2.24, 2.45) is 5.92 Å². The van der Waals surface area contributed by atoms with E-state index in [1.165, 1.54) is 31.4 Å². The maximum Gasteiger partial charge on any atom is 0.334 e. The summed E-state index contributed by atoms with van der Waals surface area (Å²) in [5.74, 6) is -6.44. The zero-order chi connectivity index (χ0) is 26.5. The Bertz CT molecular complexity index is 1200. The van der Waals surface area contributed by atoms with Gasteiger partial charge in [0, 0.05) is 24.2 Å². The Morgan fingerprint density at radius 3 is 2.47 bits per heavy atom. The van der Waals surface area contributed by atoms with Crippen LogP contribution in [0.4, 0.5) is 14.9 Å². The number of anilines is 1. The number of esters is 1. The number of hydrogen-bond donors (Lipinski definition) is 4. The quantitative estimate of drug-likeness (QED) is 0.396. The van der Waals surface area contributed by atoms with Crippen molar-refractivity contribution >= 4 is 35.5 Å². The van der Waals surface area contributed by atoms with Crippen LogP contribution in [0.25, 0.3) is 0 Å². The lowest BCUT2D eigenvalue weighted by atomic mass is 9.84.